The fraction of sp³-hybridized carbons (Fsp3) is 0.231. The van der Waals surface area contributed by atoms with E-state index in [1.807, 2.05) is 30.3 Å². The molecule has 4 nitrogen and oxygen atoms in total. The molecular formula is C13H12BrN3O. The average Bonchev–Trinajstić information content (AvgIpc) is 3.18. The predicted octanol–water partition coefficient (Wildman–Crippen LogP) is 2.77. The van der Waals surface area contributed by atoms with Crippen molar-refractivity contribution in [3.8, 4) is 11.3 Å². The fourth-order valence-electron chi connectivity index (χ4n) is 1.74. The molecule has 18 heavy (non-hydrogen) atoms. The highest BCUT2D eigenvalue weighted by atomic mass is 79.9. The highest BCUT2D eigenvalue weighted by Crippen LogP contribution is 2.26. The quantitative estimate of drug-likeness (QED) is 0.917. The zero-order valence-corrected chi connectivity index (χ0v) is 11.2. The highest BCUT2D eigenvalue weighted by molar-refractivity contribution is 9.10. The van der Waals surface area contributed by atoms with Crippen molar-refractivity contribution in [2.24, 2.45) is 0 Å². The lowest BCUT2D eigenvalue weighted by molar-refractivity contribution is 1.03. The van der Waals surface area contributed by atoms with Crippen LogP contribution in [-0.2, 0) is 0 Å². The first-order chi connectivity index (χ1) is 8.74. The van der Waals surface area contributed by atoms with Gasteiger partial charge in [-0.25, -0.2) is 4.98 Å². The van der Waals surface area contributed by atoms with Crippen LogP contribution in [-0.4, -0.2) is 16.0 Å². The van der Waals surface area contributed by atoms with E-state index >= 15 is 0 Å². The van der Waals surface area contributed by atoms with Gasteiger partial charge in [-0.2, -0.15) is 0 Å². The topological polar surface area (TPSA) is 57.8 Å². The third-order valence-electron chi connectivity index (χ3n) is 2.83. The Morgan fingerprint density at radius 2 is 2.00 bits per heavy atom. The van der Waals surface area contributed by atoms with Gasteiger partial charge in [0.1, 0.15) is 4.47 Å². The molecule has 0 spiro atoms. The number of aromatic nitrogens is 2. The van der Waals surface area contributed by atoms with E-state index in [-0.39, 0.29) is 5.56 Å². The van der Waals surface area contributed by atoms with E-state index in [9.17, 15) is 4.79 Å². The third-order valence-corrected chi connectivity index (χ3v) is 3.56. The molecule has 1 aromatic heterocycles. The summed E-state index contributed by atoms with van der Waals surface area (Å²) in [6.07, 6.45) is 2.28. The lowest BCUT2D eigenvalue weighted by Gasteiger charge is -2.07. The minimum Gasteiger partial charge on any atom is -0.353 e. The van der Waals surface area contributed by atoms with E-state index < -0.39 is 0 Å². The molecule has 0 amide bonds. The minimum atomic E-state index is -0.160. The molecule has 1 saturated carbocycles. The van der Waals surface area contributed by atoms with Crippen LogP contribution in [0.15, 0.2) is 39.6 Å². The van der Waals surface area contributed by atoms with E-state index in [0.29, 0.717) is 22.2 Å². The van der Waals surface area contributed by atoms with Gasteiger partial charge in [-0.05, 0) is 28.8 Å². The van der Waals surface area contributed by atoms with Crippen LogP contribution in [0.2, 0.25) is 0 Å². The van der Waals surface area contributed by atoms with Gasteiger partial charge in [0.05, 0.1) is 5.69 Å². The number of anilines is 1. The molecule has 1 fully saturated rings. The highest BCUT2D eigenvalue weighted by Gasteiger charge is 2.22. The molecule has 0 atom stereocenters. The standard InChI is InChI=1S/C13H12BrN3O/c14-10-11(8-4-2-1-3-5-8)16-13(17-12(10)18)15-9-6-7-9/h1-5,9H,6-7H2,(H2,15,16,17,18). The second kappa shape index (κ2) is 4.57. The summed E-state index contributed by atoms with van der Waals surface area (Å²) in [6, 6.07) is 10.1. The van der Waals surface area contributed by atoms with Crippen LogP contribution in [0.5, 0.6) is 0 Å². The summed E-state index contributed by atoms with van der Waals surface area (Å²) in [7, 11) is 0. The number of nitrogens with zero attached hydrogens (tertiary/aromatic N) is 1. The first kappa shape index (κ1) is 11.5. The molecule has 1 heterocycles. The molecule has 0 radical (unpaired) electrons. The van der Waals surface area contributed by atoms with Crippen molar-refractivity contribution < 1.29 is 0 Å². The van der Waals surface area contributed by atoms with Crippen LogP contribution >= 0.6 is 15.9 Å². The lowest BCUT2D eigenvalue weighted by Crippen LogP contribution is -2.15. The zero-order chi connectivity index (χ0) is 12.5. The lowest BCUT2D eigenvalue weighted by atomic mass is 10.1. The second-order valence-electron chi connectivity index (χ2n) is 4.36. The van der Waals surface area contributed by atoms with Crippen molar-refractivity contribution in [2.45, 2.75) is 18.9 Å². The van der Waals surface area contributed by atoms with Crippen LogP contribution in [0.1, 0.15) is 12.8 Å². The van der Waals surface area contributed by atoms with Crippen LogP contribution in [0, 0.1) is 0 Å². The summed E-state index contributed by atoms with van der Waals surface area (Å²) in [5.74, 6) is 0.546. The molecule has 92 valence electrons. The van der Waals surface area contributed by atoms with Gasteiger partial charge in [-0.15, -0.1) is 0 Å². The molecule has 2 aromatic rings. The van der Waals surface area contributed by atoms with Crippen molar-refractivity contribution >= 4 is 21.9 Å². The molecule has 0 aliphatic heterocycles. The monoisotopic (exact) mass is 305 g/mol. The maximum atomic E-state index is 11.9. The summed E-state index contributed by atoms with van der Waals surface area (Å²) < 4.78 is 0.468. The molecular weight excluding hydrogens is 294 g/mol. The predicted molar refractivity (Wildman–Crippen MR) is 74.6 cm³/mol. The summed E-state index contributed by atoms with van der Waals surface area (Å²) in [6.45, 7) is 0. The largest absolute Gasteiger partial charge is 0.353 e. The van der Waals surface area contributed by atoms with Crippen LogP contribution in [0.3, 0.4) is 0 Å². The Morgan fingerprint density at radius 1 is 1.28 bits per heavy atom. The average molecular weight is 306 g/mol. The maximum Gasteiger partial charge on any atom is 0.267 e. The van der Waals surface area contributed by atoms with Crippen LogP contribution in [0.25, 0.3) is 11.3 Å². The second-order valence-corrected chi connectivity index (χ2v) is 5.15. The van der Waals surface area contributed by atoms with Gasteiger partial charge in [-0.3, -0.25) is 9.78 Å². The summed E-state index contributed by atoms with van der Waals surface area (Å²) >= 11 is 3.30. The number of aromatic amines is 1. The first-order valence-corrected chi connectivity index (χ1v) is 6.65. The molecule has 1 aliphatic carbocycles. The normalized spacial score (nSPS) is 14.5. The minimum absolute atomic E-state index is 0.160. The van der Waals surface area contributed by atoms with Crippen molar-refractivity contribution in [3.63, 3.8) is 0 Å². The molecule has 0 unspecified atom stereocenters. The van der Waals surface area contributed by atoms with Crippen molar-refractivity contribution in [3.05, 3.63) is 45.2 Å². The van der Waals surface area contributed by atoms with Gasteiger partial charge in [0.15, 0.2) is 0 Å². The van der Waals surface area contributed by atoms with E-state index in [0.717, 1.165) is 18.4 Å². The Kier molecular flexibility index (Phi) is 2.91. The fourth-order valence-corrected chi connectivity index (χ4v) is 2.15. The molecule has 2 N–H and O–H groups in total. The van der Waals surface area contributed by atoms with Gasteiger partial charge >= 0.3 is 0 Å². The Bertz CT molecular complexity index is 620. The van der Waals surface area contributed by atoms with Crippen molar-refractivity contribution in [1.82, 2.24) is 9.97 Å². The summed E-state index contributed by atoms with van der Waals surface area (Å²) in [5, 5.41) is 3.21. The Balaban J connectivity index is 2.06. The van der Waals surface area contributed by atoms with Crippen LogP contribution < -0.4 is 10.9 Å². The Morgan fingerprint density at radius 3 is 2.67 bits per heavy atom. The number of halogens is 1. The Hall–Kier alpha value is -1.62. The SMILES string of the molecule is O=c1[nH]c(NC2CC2)nc(-c2ccccc2)c1Br. The van der Waals surface area contributed by atoms with Crippen molar-refractivity contribution in [1.29, 1.82) is 0 Å². The number of rotatable bonds is 3. The van der Waals surface area contributed by atoms with Gasteiger partial charge in [0.25, 0.3) is 5.56 Å². The number of nitrogens with one attached hydrogen (secondary N) is 2. The number of hydrogen-bond acceptors (Lipinski definition) is 3. The smallest absolute Gasteiger partial charge is 0.267 e. The molecule has 1 aliphatic rings. The summed E-state index contributed by atoms with van der Waals surface area (Å²) in [4.78, 5) is 19.1. The maximum absolute atomic E-state index is 11.9. The zero-order valence-electron chi connectivity index (χ0n) is 9.61. The van der Waals surface area contributed by atoms with Crippen molar-refractivity contribution in [2.75, 3.05) is 5.32 Å². The molecule has 0 bridgehead atoms. The number of H-pyrrole nitrogens is 1. The van der Waals surface area contributed by atoms with Gasteiger partial charge in [0.2, 0.25) is 5.95 Å². The third kappa shape index (κ3) is 2.31. The molecule has 5 heteroatoms. The van der Waals surface area contributed by atoms with Gasteiger partial charge < -0.3 is 5.32 Å². The van der Waals surface area contributed by atoms with E-state index in [1.54, 1.807) is 0 Å². The van der Waals surface area contributed by atoms with E-state index in [1.165, 1.54) is 0 Å². The molecule has 3 rings (SSSR count). The van der Waals surface area contributed by atoms with Gasteiger partial charge in [0, 0.05) is 11.6 Å². The summed E-state index contributed by atoms with van der Waals surface area (Å²) in [5.41, 5.74) is 1.43. The van der Waals surface area contributed by atoms with Gasteiger partial charge in [-0.1, -0.05) is 30.3 Å². The van der Waals surface area contributed by atoms with E-state index in [2.05, 4.69) is 31.2 Å². The number of hydrogen-bond donors (Lipinski definition) is 2. The van der Waals surface area contributed by atoms with Crippen LogP contribution in [0.4, 0.5) is 5.95 Å². The molecule has 1 aromatic carbocycles. The first-order valence-electron chi connectivity index (χ1n) is 5.86. The van der Waals surface area contributed by atoms with E-state index in [4.69, 9.17) is 0 Å². The number of benzene rings is 1. The molecule has 0 saturated heterocycles. The Labute approximate surface area is 113 Å².